The number of benzene rings is 2. The van der Waals surface area contributed by atoms with E-state index in [9.17, 15) is 15.3 Å². The Morgan fingerprint density at radius 3 is 2.39 bits per heavy atom. The number of piperidine rings is 1. The van der Waals surface area contributed by atoms with Crippen LogP contribution < -0.4 is 10.1 Å². The third-order valence-corrected chi connectivity index (χ3v) is 5.43. The average molecular weight is 408 g/mol. The molecule has 2 aromatic rings. The van der Waals surface area contributed by atoms with E-state index in [1.165, 1.54) is 5.56 Å². The molecule has 1 saturated heterocycles. The van der Waals surface area contributed by atoms with Gasteiger partial charge in [0.1, 0.15) is 23.8 Å². The SMILES string of the molecule is CCC(Oc1ccc(O)cc1)C1C(O)NCCC1(O)Cc1ccc(C)cc1.Cl. The monoisotopic (exact) mass is 407 g/mol. The molecule has 1 aliphatic rings. The first kappa shape index (κ1) is 22.5. The van der Waals surface area contributed by atoms with Gasteiger partial charge in [0, 0.05) is 13.0 Å². The maximum Gasteiger partial charge on any atom is 0.120 e. The van der Waals surface area contributed by atoms with Gasteiger partial charge >= 0.3 is 0 Å². The quantitative estimate of drug-likeness (QED) is 0.591. The number of rotatable bonds is 6. The number of phenols is 1. The summed E-state index contributed by atoms with van der Waals surface area (Å²) in [6.07, 6.45) is 0.425. The summed E-state index contributed by atoms with van der Waals surface area (Å²) in [6, 6.07) is 14.7. The van der Waals surface area contributed by atoms with E-state index in [2.05, 4.69) is 5.32 Å². The van der Waals surface area contributed by atoms with Crippen LogP contribution in [0.2, 0.25) is 0 Å². The van der Waals surface area contributed by atoms with Crippen LogP contribution in [0.1, 0.15) is 30.9 Å². The van der Waals surface area contributed by atoms with Gasteiger partial charge in [-0.25, -0.2) is 0 Å². The van der Waals surface area contributed by atoms with Crippen LogP contribution in [0.5, 0.6) is 11.5 Å². The molecule has 0 amide bonds. The van der Waals surface area contributed by atoms with Gasteiger partial charge in [0.2, 0.25) is 0 Å². The first-order valence-corrected chi connectivity index (χ1v) is 9.56. The molecule has 1 aliphatic heterocycles. The predicted octanol–water partition coefficient (Wildman–Crippen LogP) is 3.18. The summed E-state index contributed by atoms with van der Waals surface area (Å²) in [4.78, 5) is 0. The van der Waals surface area contributed by atoms with Crippen LogP contribution in [0.15, 0.2) is 48.5 Å². The fraction of sp³-hybridized carbons (Fsp3) is 0.455. The Labute approximate surface area is 172 Å². The number of nitrogens with one attached hydrogen (secondary N) is 1. The molecule has 0 aliphatic carbocycles. The molecule has 1 fully saturated rings. The zero-order valence-electron chi connectivity index (χ0n) is 16.3. The summed E-state index contributed by atoms with van der Waals surface area (Å²) in [5.74, 6) is 0.298. The second kappa shape index (κ2) is 9.61. The number of hydrogen-bond acceptors (Lipinski definition) is 5. The third-order valence-electron chi connectivity index (χ3n) is 5.43. The molecule has 4 N–H and O–H groups in total. The van der Waals surface area contributed by atoms with Gasteiger partial charge < -0.3 is 20.1 Å². The van der Waals surface area contributed by atoms with Gasteiger partial charge in [-0.05, 0) is 49.6 Å². The first-order chi connectivity index (χ1) is 12.9. The van der Waals surface area contributed by atoms with Gasteiger partial charge in [-0.3, -0.25) is 5.32 Å². The van der Waals surface area contributed by atoms with Crippen molar-refractivity contribution in [3.05, 3.63) is 59.7 Å². The Balaban J connectivity index is 0.00000280. The molecular weight excluding hydrogens is 378 g/mol. The van der Waals surface area contributed by atoms with Crippen LogP contribution >= 0.6 is 12.4 Å². The summed E-state index contributed by atoms with van der Waals surface area (Å²) in [5.41, 5.74) is 1.15. The van der Waals surface area contributed by atoms with E-state index in [4.69, 9.17) is 4.74 Å². The van der Waals surface area contributed by atoms with Crippen LogP contribution in [0, 0.1) is 12.8 Å². The molecule has 0 radical (unpaired) electrons. The molecule has 0 spiro atoms. The average Bonchev–Trinajstić information content (AvgIpc) is 2.64. The van der Waals surface area contributed by atoms with Crippen molar-refractivity contribution in [3.8, 4) is 11.5 Å². The summed E-state index contributed by atoms with van der Waals surface area (Å²) in [5, 5.41) is 34.7. The Kier molecular flexibility index (Phi) is 7.72. The van der Waals surface area contributed by atoms with Crippen molar-refractivity contribution in [2.45, 2.75) is 51.0 Å². The van der Waals surface area contributed by atoms with Gasteiger partial charge in [0.25, 0.3) is 0 Å². The van der Waals surface area contributed by atoms with Crippen molar-refractivity contribution >= 4 is 12.4 Å². The highest BCUT2D eigenvalue weighted by atomic mass is 35.5. The molecule has 0 bridgehead atoms. The number of aliphatic hydroxyl groups is 2. The summed E-state index contributed by atoms with van der Waals surface area (Å²) in [7, 11) is 0. The second-order valence-corrected chi connectivity index (χ2v) is 7.50. The van der Waals surface area contributed by atoms with E-state index in [1.54, 1.807) is 24.3 Å². The molecule has 2 aromatic carbocycles. The van der Waals surface area contributed by atoms with Gasteiger partial charge in [-0.1, -0.05) is 36.8 Å². The largest absolute Gasteiger partial charge is 0.508 e. The lowest BCUT2D eigenvalue weighted by molar-refractivity contribution is -0.146. The molecule has 4 unspecified atom stereocenters. The highest BCUT2D eigenvalue weighted by Crippen LogP contribution is 2.36. The molecule has 3 rings (SSSR count). The fourth-order valence-electron chi connectivity index (χ4n) is 3.95. The molecule has 4 atom stereocenters. The van der Waals surface area contributed by atoms with Crippen molar-refractivity contribution in [1.82, 2.24) is 5.32 Å². The fourth-order valence-corrected chi connectivity index (χ4v) is 3.95. The van der Waals surface area contributed by atoms with E-state index >= 15 is 0 Å². The van der Waals surface area contributed by atoms with Crippen LogP contribution in [-0.4, -0.2) is 39.8 Å². The summed E-state index contributed by atoms with van der Waals surface area (Å²) >= 11 is 0. The number of aliphatic hydroxyl groups excluding tert-OH is 1. The number of halogens is 1. The molecule has 6 heteroatoms. The number of hydrogen-bond donors (Lipinski definition) is 4. The number of ether oxygens (including phenoxy) is 1. The Hall–Kier alpha value is -1.79. The van der Waals surface area contributed by atoms with Gasteiger partial charge in [0.05, 0.1) is 11.5 Å². The van der Waals surface area contributed by atoms with Crippen LogP contribution in [0.25, 0.3) is 0 Å². The molecule has 154 valence electrons. The number of aromatic hydroxyl groups is 1. The van der Waals surface area contributed by atoms with Gasteiger partial charge in [-0.15, -0.1) is 12.4 Å². The van der Waals surface area contributed by atoms with Crippen LogP contribution in [0.4, 0.5) is 0 Å². The number of phenolic OH excluding ortho intramolecular Hbond substituents is 1. The Morgan fingerprint density at radius 2 is 1.79 bits per heavy atom. The minimum Gasteiger partial charge on any atom is -0.508 e. The maximum atomic E-state index is 11.5. The molecule has 1 heterocycles. The highest BCUT2D eigenvalue weighted by Gasteiger charge is 2.48. The topological polar surface area (TPSA) is 82.0 Å². The van der Waals surface area contributed by atoms with Crippen molar-refractivity contribution in [3.63, 3.8) is 0 Å². The van der Waals surface area contributed by atoms with E-state index in [0.717, 1.165) is 5.56 Å². The normalized spacial score (nSPS) is 25.6. The van der Waals surface area contributed by atoms with Gasteiger partial charge in [0.15, 0.2) is 0 Å². The molecule has 5 nitrogen and oxygen atoms in total. The maximum absolute atomic E-state index is 11.5. The van der Waals surface area contributed by atoms with Crippen LogP contribution in [-0.2, 0) is 6.42 Å². The predicted molar refractivity (Wildman–Crippen MR) is 112 cm³/mol. The van der Waals surface area contributed by atoms with Crippen molar-refractivity contribution < 1.29 is 20.1 Å². The first-order valence-electron chi connectivity index (χ1n) is 9.56. The van der Waals surface area contributed by atoms with E-state index < -0.39 is 17.7 Å². The Bertz CT molecular complexity index is 737. The molecule has 0 saturated carbocycles. The van der Waals surface area contributed by atoms with Gasteiger partial charge in [-0.2, -0.15) is 0 Å². The standard InChI is InChI=1S/C22H29NO4.ClH/c1-3-19(27-18-10-8-17(24)9-11-18)20-21(25)23-13-12-22(20,26)14-16-6-4-15(2)5-7-16;/h4-11,19-21,23-26H,3,12-14H2,1-2H3;1H. The minimum atomic E-state index is -1.07. The van der Waals surface area contributed by atoms with E-state index in [0.29, 0.717) is 31.6 Å². The molecular formula is C22H30ClNO4. The molecule has 0 aromatic heterocycles. The lowest BCUT2D eigenvalue weighted by Gasteiger charge is -2.46. The highest BCUT2D eigenvalue weighted by molar-refractivity contribution is 5.85. The second-order valence-electron chi connectivity index (χ2n) is 7.50. The lowest BCUT2D eigenvalue weighted by Crippen LogP contribution is -2.62. The van der Waals surface area contributed by atoms with E-state index in [-0.39, 0.29) is 24.3 Å². The summed E-state index contributed by atoms with van der Waals surface area (Å²) < 4.78 is 6.11. The van der Waals surface area contributed by atoms with Crippen molar-refractivity contribution in [2.75, 3.05) is 6.54 Å². The lowest BCUT2D eigenvalue weighted by atomic mass is 9.73. The van der Waals surface area contributed by atoms with Crippen molar-refractivity contribution in [2.24, 2.45) is 5.92 Å². The van der Waals surface area contributed by atoms with Crippen LogP contribution in [0.3, 0.4) is 0 Å². The minimum absolute atomic E-state index is 0. The zero-order valence-corrected chi connectivity index (χ0v) is 17.2. The van der Waals surface area contributed by atoms with Crippen molar-refractivity contribution in [1.29, 1.82) is 0 Å². The zero-order chi connectivity index (χ0) is 19.4. The third kappa shape index (κ3) is 5.17. The van der Waals surface area contributed by atoms with E-state index in [1.807, 2.05) is 38.1 Å². The smallest absolute Gasteiger partial charge is 0.120 e. The molecule has 28 heavy (non-hydrogen) atoms. The summed E-state index contributed by atoms with van der Waals surface area (Å²) in [6.45, 7) is 4.57. The Morgan fingerprint density at radius 1 is 1.14 bits per heavy atom. The number of aryl methyl sites for hydroxylation is 1.